The summed E-state index contributed by atoms with van der Waals surface area (Å²) in [6.45, 7) is 20.0. The van der Waals surface area contributed by atoms with Crippen molar-refractivity contribution in [2.75, 3.05) is 11.9 Å². The fourth-order valence-electron chi connectivity index (χ4n) is 6.06. The second-order valence-corrected chi connectivity index (χ2v) is 10.5. The van der Waals surface area contributed by atoms with Gasteiger partial charge in [-0.15, -0.1) is 0 Å². The predicted molar refractivity (Wildman–Crippen MR) is 180 cm³/mol. The molecule has 1 aliphatic heterocycles. The summed E-state index contributed by atoms with van der Waals surface area (Å²) in [5.41, 5.74) is 15.0. The van der Waals surface area contributed by atoms with Crippen molar-refractivity contribution in [2.45, 2.75) is 75.2 Å². The first-order valence-electron chi connectivity index (χ1n) is 15.2. The van der Waals surface area contributed by atoms with Gasteiger partial charge in [0.05, 0.1) is 0 Å². The molecule has 0 aromatic heterocycles. The molecule has 0 amide bonds. The summed E-state index contributed by atoms with van der Waals surface area (Å²) in [7, 11) is 0. The van der Waals surface area contributed by atoms with Crippen molar-refractivity contribution >= 4 is 16.8 Å². The zero-order valence-electron chi connectivity index (χ0n) is 26.3. The Morgan fingerprint density at radius 1 is 0.900 bits per heavy atom. The van der Waals surface area contributed by atoms with E-state index in [0.717, 1.165) is 19.4 Å². The molecule has 40 heavy (non-hydrogen) atoms. The van der Waals surface area contributed by atoms with Crippen LogP contribution in [0.5, 0.6) is 0 Å². The number of anilines is 1. The van der Waals surface area contributed by atoms with E-state index in [1.165, 1.54) is 61.4 Å². The van der Waals surface area contributed by atoms with E-state index in [0.29, 0.717) is 0 Å². The summed E-state index contributed by atoms with van der Waals surface area (Å²) >= 11 is 0. The first-order valence-corrected chi connectivity index (χ1v) is 15.2. The maximum Gasteiger partial charge on any atom is 0.0422 e. The van der Waals surface area contributed by atoms with Crippen molar-refractivity contribution in [3.05, 3.63) is 136 Å². The van der Waals surface area contributed by atoms with Gasteiger partial charge in [-0.1, -0.05) is 120 Å². The van der Waals surface area contributed by atoms with Crippen LogP contribution in [0.15, 0.2) is 113 Å². The Morgan fingerprint density at radius 3 is 2.35 bits per heavy atom. The normalized spacial score (nSPS) is 19.9. The third kappa shape index (κ3) is 6.25. The van der Waals surface area contributed by atoms with Crippen LogP contribution in [0.1, 0.15) is 91.0 Å². The molecule has 0 unspecified atom stereocenters. The van der Waals surface area contributed by atoms with Crippen molar-refractivity contribution in [1.82, 2.24) is 0 Å². The van der Waals surface area contributed by atoms with Gasteiger partial charge in [-0.3, -0.25) is 0 Å². The molecule has 2 aromatic carbocycles. The fourth-order valence-corrected chi connectivity index (χ4v) is 6.06. The van der Waals surface area contributed by atoms with E-state index in [1.807, 2.05) is 27.7 Å². The summed E-state index contributed by atoms with van der Waals surface area (Å²) in [6.07, 6.45) is 20.0. The Morgan fingerprint density at radius 2 is 1.65 bits per heavy atom. The molecule has 3 aliphatic rings. The van der Waals surface area contributed by atoms with E-state index < -0.39 is 0 Å². The summed E-state index contributed by atoms with van der Waals surface area (Å²) < 4.78 is 0. The number of fused-ring (bicyclic) bond motifs is 1. The number of allylic oxidation sites excluding steroid dienone is 13. The van der Waals surface area contributed by atoms with Crippen LogP contribution in [-0.4, -0.2) is 6.54 Å². The van der Waals surface area contributed by atoms with Gasteiger partial charge in [0.15, 0.2) is 0 Å². The van der Waals surface area contributed by atoms with Crippen LogP contribution in [0, 0.1) is 5.41 Å². The van der Waals surface area contributed by atoms with Gasteiger partial charge in [0.1, 0.15) is 0 Å². The summed E-state index contributed by atoms with van der Waals surface area (Å²) in [6, 6.07) is 16.0. The first-order chi connectivity index (χ1) is 19.5. The van der Waals surface area contributed by atoms with Gasteiger partial charge >= 0.3 is 0 Å². The molecular weight excluding hydrogens is 482 g/mol. The maximum atomic E-state index is 3.57. The fraction of sp³-hybridized carbons (Fsp3) is 0.333. The number of rotatable bonds is 4. The second-order valence-electron chi connectivity index (χ2n) is 10.5. The molecule has 210 valence electrons. The highest BCUT2D eigenvalue weighted by Crippen LogP contribution is 2.53. The third-order valence-corrected chi connectivity index (χ3v) is 7.84. The smallest absolute Gasteiger partial charge is 0.0422 e. The number of hydrogen-bond donors (Lipinski definition) is 1. The molecule has 0 atom stereocenters. The quantitative estimate of drug-likeness (QED) is 0.414. The Kier molecular flexibility index (Phi) is 11.0. The topological polar surface area (TPSA) is 12.0 Å². The van der Waals surface area contributed by atoms with Crippen LogP contribution >= 0.6 is 0 Å². The van der Waals surface area contributed by atoms with Crippen molar-refractivity contribution in [3.8, 4) is 0 Å². The molecule has 1 N–H and O–H groups in total. The Hall–Kier alpha value is -3.58. The predicted octanol–water partition coefficient (Wildman–Crippen LogP) is 11.3. The highest BCUT2D eigenvalue weighted by atomic mass is 14.9. The van der Waals surface area contributed by atoms with Crippen molar-refractivity contribution in [2.24, 2.45) is 5.41 Å². The average molecular weight is 532 g/mol. The van der Waals surface area contributed by atoms with Gasteiger partial charge in [0.25, 0.3) is 0 Å². The van der Waals surface area contributed by atoms with E-state index in [4.69, 9.17) is 0 Å². The molecule has 2 aromatic rings. The molecular formula is C39H49N. The summed E-state index contributed by atoms with van der Waals surface area (Å²) in [5, 5.41) is 3.57. The number of nitrogens with one attached hydrogen (secondary N) is 1. The first kappa shape index (κ1) is 31.0. The zero-order chi connectivity index (χ0) is 29.3. The second kappa shape index (κ2) is 14.2. The van der Waals surface area contributed by atoms with E-state index in [1.54, 1.807) is 0 Å². The lowest BCUT2D eigenvalue weighted by Gasteiger charge is -2.24. The van der Waals surface area contributed by atoms with E-state index in [2.05, 4.69) is 131 Å². The minimum absolute atomic E-state index is 0.0262. The van der Waals surface area contributed by atoms with Crippen LogP contribution in [0.4, 0.5) is 5.69 Å². The molecule has 5 rings (SSSR count). The number of benzene rings is 2. The Balaban J connectivity index is 0.00000106. The Labute approximate surface area is 244 Å². The van der Waals surface area contributed by atoms with Gasteiger partial charge < -0.3 is 5.32 Å². The largest absolute Gasteiger partial charge is 0.380 e. The minimum Gasteiger partial charge on any atom is -0.380 e. The van der Waals surface area contributed by atoms with Crippen molar-refractivity contribution in [3.63, 3.8) is 0 Å². The minimum atomic E-state index is 0.0262. The van der Waals surface area contributed by atoms with Crippen LogP contribution < -0.4 is 5.32 Å². The van der Waals surface area contributed by atoms with E-state index in [9.17, 15) is 0 Å². The SMILES string of the molecule is C/C=C\C=C1/CNc2cc(Cc3cccc(C4=CC5=C(CC=C4)C(=C/C)/C(=C\C)C5(C)C)c3)ccc21.CC.CC. The van der Waals surface area contributed by atoms with Crippen LogP contribution in [0.25, 0.3) is 11.1 Å². The number of hydrogen-bond acceptors (Lipinski definition) is 1. The van der Waals surface area contributed by atoms with Gasteiger partial charge in [-0.25, -0.2) is 0 Å². The molecule has 0 saturated carbocycles. The average Bonchev–Trinajstić information content (AvgIpc) is 3.36. The van der Waals surface area contributed by atoms with Gasteiger partial charge in [-0.2, -0.15) is 0 Å². The summed E-state index contributed by atoms with van der Waals surface area (Å²) in [5.74, 6) is 0. The maximum absolute atomic E-state index is 3.57. The van der Waals surface area contributed by atoms with E-state index in [-0.39, 0.29) is 5.41 Å². The van der Waals surface area contributed by atoms with Gasteiger partial charge in [-0.05, 0) is 95.9 Å². The Bertz CT molecular complexity index is 1410. The molecule has 1 heterocycles. The molecule has 0 spiro atoms. The summed E-state index contributed by atoms with van der Waals surface area (Å²) in [4.78, 5) is 0. The highest BCUT2D eigenvalue weighted by Gasteiger charge is 2.38. The lowest BCUT2D eigenvalue weighted by Crippen LogP contribution is -2.12. The molecule has 0 bridgehead atoms. The highest BCUT2D eigenvalue weighted by molar-refractivity contribution is 5.85. The molecule has 1 heteroatoms. The van der Waals surface area contributed by atoms with Crippen LogP contribution in [0.2, 0.25) is 0 Å². The zero-order valence-corrected chi connectivity index (χ0v) is 26.3. The monoisotopic (exact) mass is 531 g/mol. The van der Waals surface area contributed by atoms with Crippen LogP contribution in [0.3, 0.4) is 0 Å². The molecule has 2 aliphatic carbocycles. The lowest BCUT2D eigenvalue weighted by atomic mass is 9.79. The van der Waals surface area contributed by atoms with Gasteiger partial charge in [0.2, 0.25) is 0 Å². The van der Waals surface area contributed by atoms with Gasteiger partial charge in [0, 0.05) is 23.2 Å². The standard InChI is InChI=1S/C35H37N.2C2H6/c1-6-9-13-28-23-36-34-21-25(17-18-30(28)34)19-24-12-10-14-26(20-24)27-15-11-16-31-29(7-2)32(8-3)35(4,5)33(31)22-27;2*1-2/h6-15,17-18,20-22,36H,16,19,23H2,1-5H3;2*1-2H3/b9-6-,28-13+,29-7-,32-8+;;. The van der Waals surface area contributed by atoms with Crippen LogP contribution in [-0.2, 0) is 6.42 Å². The van der Waals surface area contributed by atoms with Crippen molar-refractivity contribution < 1.29 is 0 Å². The molecule has 0 fully saturated rings. The molecule has 0 saturated heterocycles. The van der Waals surface area contributed by atoms with Crippen molar-refractivity contribution in [1.29, 1.82) is 0 Å². The molecule has 0 radical (unpaired) electrons. The van der Waals surface area contributed by atoms with E-state index >= 15 is 0 Å². The third-order valence-electron chi connectivity index (χ3n) is 7.84. The lowest BCUT2D eigenvalue weighted by molar-refractivity contribution is 0.577. The molecule has 1 nitrogen and oxygen atoms in total.